The van der Waals surface area contributed by atoms with Crippen LogP contribution in [0.1, 0.15) is 25.7 Å². The fraction of sp³-hybridized carbons (Fsp3) is 0.308. The van der Waals surface area contributed by atoms with E-state index in [0.29, 0.717) is 25.7 Å². The number of unbranched alkanes of at least 4 members (excludes halogenated alkanes) is 2. The lowest BCUT2D eigenvalue weighted by Crippen LogP contribution is -1.98. The van der Waals surface area contributed by atoms with E-state index in [1.165, 1.54) is 0 Å². The summed E-state index contributed by atoms with van der Waals surface area (Å²) in [6.07, 6.45) is 15.3. The van der Waals surface area contributed by atoms with Gasteiger partial charge in [0.15, 0.2) is 0 Å². The maximum Gasteiger partial charge on any atom is 0.537 e. The summed E-state index contributed by atoms with van der Waals surface area (Å²) in [5.74, 6) is 9.87. The number of carbonyl (C=O) groups excluding carboxylic acids is 1. The third kappa shape index (κ3) is 9.60. The fourth-order valence-electron chi connectivity index (χ4n) is 0.548. The molecule has 16 heavy (non-hydrogen) atoms. The molecule has 0 aliphatic carbocycles. The molecular formula is C13H10O3. The largest absolute Gasteiger partial charge is 0.537 e. The van der Waals surface area contributed by atoms with E-state index >= 15 is 0 Å². The Kier molecular flexibility index (Phi) is 8.94. The molecule has 0 fully saturated rings. The van der Waals surface area contributed by atoms with Crippen LogP contribution in [0.25, 0.3) is 0 Å². The molecule has 0 rings (SSSR count). The van der Waals surface area contributed by atoms with Crippen LogP contribution in [0.15, 0.2) is 0 Å². The molecule has 0 radical (unpaired) electrons. The Balaban J connectivity index is 3.65. The van der Waals surface area contributed by atoms with Crippen molar-refractivity contribution in [3.05, 3.63) is 0 Å². The van der Waals surface area contributed by atoms with Gasteiger partial charge in [-0.15, -0.1) is 24.7 Å². The van der Waals surface area contributed by atoms with Crippen molar-refractivity contribution in [3.63, 3.8) is 0 Å². The molecule has 0 aliphatic rings. The van der Waals surface area contributed by atoms with Crippen LogP contribution in [0.5, 0.6) is 0 Å². The molecule has 0 heterocycles. The Bertz CT molecular complexity index is 373. The Morgan fingerprint density at radius 3 is 1.69 bits per heavy atom. The second-order valence-electron chi connectivity index (χ2n) is 2.42. The maximum absolute atomic E-state index is 10.8. The van der Waals surface area contributed by atoms with Crippen LogP contribution >= 0.6 is 0 Å². The fourth-order valence-corrected chi connectivity index (χ4v) is 0.548. The standard InChI is InChI=1S/C13H10O3/c1-3-5-7-9-11-15-13(14)16-12-10-8-6-4-2/h1-2H,5-8H2. The van der Waals surface area contributed by atoms with E-state index in [2.05, 4.69) is 45.4 Å². The first-order valence-corrected chi connectivity index (χ1v) is 4.51. The van der Waals surface area contributed by atoms with Crippen LogP contribution in [-0.2, 0) is 9.47 Å². The summed E-state index contributed by atoms with van der Waals surface area (Å²) in [5, 5.41) is 0. The van der Waals surface area contributed by atoms with Crippen LogP contribution in [-0.4, -0.2) is 6.16 Å². The number of carbonyl (C=O) groups is 1. The van der Waals surface area contributed by atoms with E-state index in [9.17, 15) is 4.79 Å². The first kappa shape index (κ1) is 13.5. The van der Waals surface area contributed by atoms with Crippen molar-refractivity contribution in [2.45, 2.75) is 25.7 Å². The maximum atomic E-state index is 10.8. The smallest absolute Gasteiger partial charge is 0.340 e. The van der Waals surface area contributed by atoms with Gasteiger partial charge in [-0.3, -0.25) is 0 Å². The predicted octanol–water partition coefficient (Wildman–Crippen LogP) is 1.89. The van der Waals surface area contributed by atoms with Crippen LogP contribution in [0, 0.1) is 48.7 Å². The topological polar surface area (TPSA) is 35.5 Å². The summed E-state index contributed by atoms with van der Waals surface area (Å²) in [7, 11) is 0. The van der Waals surface area contributed by atoms with Gasteiger partial charge < -0.3 is 9.47 Å². The minimum Gasteiger partial charge on any atom is -0.340 e. The molecule has 0 amide bonds. The van der Waals surface area contributed by atoms with Gasteiger partial charge in [0.05, 0.1) is 0 Å². The minimum absolute atomic E-state index is 0.470. The Labute approximate surface area is 95.5 Å². The van der Waals surface area contributed by atoms with Gasteiger partial charge in [0.25, 0.3) is 0 Å². The van der Waals surface area contributed by atoms with Crippen LogP contribution in [0.4, 0.5) is 4.79 Å². The summed E-state index contributed by atoms with van der Waals surface area (Å²) < 4.78 is 8.72. The zero-order chi connectivity index (χ0) is 12.1. The molecule has 0 spiro atoms. The Morgan fingerprint density at radius 1 is 0.875 bits per heavy atom. The predicted molar refractivity (Wildman–Crippen MR) is 59.3 cm³/mol. The minimum atomic E-state index is -0.957. The van der Waals surface area contributed by atoms with Crippen LogP contribution < -0.4 is 0 Å². The highest BCUT2D eigenvalue weighted by Gasteiger charge is 1.97. The van der Waals surface area contributed by atoms with E-state index in [1.54, 1.807) is 0 Å². The number of hydrogen-bond donors (Lipinski definition) is 0. The second-order valence-corrected chi connectivity index (χ2v) is 2.42. The zero-order valence-corrected chi connectivity index (χ0v) is 8.71. The molecule has 3 heteroatoms. The quantitative estimate of drug-likeness (QED) is 0.400. The number of rotatable bonds is 2. The zero-order valence-electron chi connectivity index (χ0n) is 8.71. The molecule has 80 valence electrons. The van der Waals surface area contributed by atoms with Crippen molar-refractivity contribution in [3.8, 4) is 48.7 Å². The highest BCUT2D eigenvalue weighted by atomic mass is 16.7. The number of terminal acetylenes is 2. The lowest BCUT2D eigenvalue weighted by Gasteiger charge is -1.88. The molecule has 3 nitrogen and oxygen atoms in total. The van der Waals surface area contributed by atoms with E-state index < -0.39 is 6.16 Å². The average molecular weight is 214 g/mol. The van der Waals surface area contributed by atoms with Crippen molar-refractivity contribution < 1.29 is 14.3 Å². The SMILES string of the molecule is C#CCCC#COC(=O)OC#CCCC#C. The van der Waals surface area contributed by atoms with Crippen LogP contribution in [0.3, 0.4) is 0 Å². The van der Waals surface area contributed by atoms with E-state index in [1.807, 2.05) is 0 Å². The van der Waals surface area contributed by atoms with Gasteiger partial charge in [-0.1, -0.05) is 11.8 Å². The summed E-state index contributed by atoms with van der Waals surface area (Å²) in [6.45, 7) is 0. The Morgan fingerprint density at radius 2 is 1.31 bits per heavy atom. The van der Waals surface area contributed by atoms with Crippen molar-refractivity contribution in [1.82, 2.24) is 0 Å². The summed E-state index contributed by atoms with van der Waals surface area (Å²) in [6, 6.07) is 0. The first-order chi connectivity index (χ1) is 7.81. The molecule has 0 N–H and O–H groups in total. The number of ether oxygens (including phenoxy) is 2. The first-order valence-electron chi connectivity index (χ1n) is 4.51. The Hall–Kier alpha value is -2.49. The molecule has 0 aliphatic heterocycles. The van der Waals surface area contributed by atoms with Gasteiger partial charge in [-0.05, 0) is 0 Å². The summed E-state index contributed by atoms with van der Waals surface area (Å²) in [4.78, 5) is 10.8. The van der Waals surface area contributed by atoms with Crippen molar-refractivity contribution in [2.24, 2.45) is 0 Å². The molecule has 0 aromatic rings. The van der Waals surface area contributed by atoms with Gasteiger partial charge in [-0.2, -0.15) is 0 Å². The van der Waals surface area contributed by atoms with E-state index in [4.69, 9.17) is 12.8 Å². The highest BCUT2D eigenvalue weighted by Crippen LogP contribution is 1.86. The lowest BCUT2D eigenvalue weighted by molar-refractivity contribution is 0.132. The third-order valence-corrected chi connectivity index (χ3v) is 1.20. The summed E-state index contributed by atoms with van der Waals surface area (Å²) >= 11 is 0. The third-order valence-electron chi connectivity index (χ3n) is 1.20. The molecule has 0 unspecified atom stereocenters. The monoisotopic (exact) mass is 214 g/mol. The van der Waals surface area contributed by atoms with Gasteiger partial charge in [0.2, 0.25) is 0 Å². The molecule has 0 bridgehead atoms. The van der Waals surface area contributed by atoms with Crippen LogP contribution in [0.2, 0.25) is 0 Å². The highest BCUT2D eigenvalue weighted by molar-refractivity contribution is 5.62. The second kappa shape index (κ2) is 10.6. The number of hydrogen-bond acceptors (Lipinski definition) is 3. The van der Waals surface area contributed by atoms with E-state index in [0.717, 1.165) is 0 Å². The van der Waals surface area contributed by atoms with Gasteiger partial charge in [0.1, 0.15) is 12.2 Å². The van der Waals surface area contributed by atoms with Crippen molar-refractivity contribution in [1.29, 1.82) is 0 Å². The van der Waals surface area contributed by atoms with Gasteiger partial charge in [0, 0.05) is 25.7 Å². The van der Waals surface area contributed by atoms with Crippen molar-refractivity contribution in [2.75, 3.05) is 0 Å². The molecule has 0 saturated carbocycles. The summed E-state index contributed by atoms with van der Waals surface area (Å²) in [5.41, 5.74) is 0. The molecule has 0 atom stereocenters. The van der Waals surface area contributed by atoms with Gasteiger partial charge in [-0.25, -0.2) is 4.79 Å². The van der Waals surface area contributed by atoms with Gasteiger partial charge >= 0.3 is 6.16 Å². The lowest BCUT2D eigenvalue weighted by atomic mass is 10.3. The molecule has 0 saturated heterocycles. The molecular weight excluding hydrogens is 204 g/mol. The normalized spacial score (nSPS) is 6.88. The molecule has 0 aromatic heterocycles. The van der Waals surface area contributed by atoms with Crippen molar-refractivity contribution >= 4 is 6.16 Å². The average Bonchev–Trinajstić information content (AvgIpc) is 2.28. The van der Waals surface area contributed by atoms with E-state index in [-0.39, 0.29) is 0 Å². The molecule has 0 aromatic carbocycles.